The van der Waals surface area contributed by atoms with E-state index in [1.165, 1.54) is 11.1 Å². The Labute approximate surface area is 135 Å². The summed E-state index contributed by atoms with van der Waals surface area (Å²) in [4.78, 5) is 14.4. The summed E-state index contributed by atoms with van der Waals surface area (Å²) >= 11 is 0. The highest BCUT2D eigenvalue weighted by atomic mass is 16.1. The molecule has 22 heavy (non-hydrogen) atoms. The Morgan fingerprint density at radius 3 is 2.32 bits per heavy atom. The number of rotatable bonds is 4. The fourth-order valence-electron chi connectivity index (χ4n) is 2.88. The van der Waals surface area contributed by atoms with Crippen molar-refractivity contribution in [1.29, 1.82) is 0 Å². The summed E-state index contributed by atoms with van der Waals surface area (Å²) in [6.07, 6.45) is 3.55. The highest BCUT2D eigenvalue weighted by Crippen LogP contribution is 2.22. The Balaban J connectivity index is 1.76. The van der Waals surface area contributed by atoms with Gasteiger partial charge in [0.2, 0.25) is 5.91 Å². The zero-order chi connectivity index (χ0) is 16.2. The van der Waals surface area contributed by atoms with Gasteiger partial charge in [0.1, 0.15) is 0 Å². The minimum absolute atomic E-state index is 0.185. The molecule has 1 N–H and O–H groups in total. The molecule has 1 saturated heterocycles. The average Bonchev–Trinajstić information content (AvgIpc) is 2.47. The lowest BCUT2D eigenvalue weighted by atomic mass is 9.86. The molecule has 3 heteroatoms. The van der Waals surface area contributed by atoms with Crippen molar-refractivity contribution in [3.05, 3.63) is 35.4 Å². The van der Waals surface area contributed by atoms with E-state index in [-0.39, 0.29) is 11.3 Å². The number of likely N-dealkylation sites (tertiary alicyclic amines) is 1. The van der Waals surface area contributed by atoms with Crippen molar-refractivity contribution in [3.8, 4) is 0 Å². The fraction of sp³-hybridized carbons (Fsp3) is 0.632. The molecule has 1 aromatic carbocycles. The van der Waals surface area contributed by atoms with Crippen molar-refractivity contribution in [2.75, 3.05) is 20.1 Å². The van der Waals surface area contributed by atoms with Crippen LogP contribution in [0.5, 0.6) is 0 Å². The van der Waals surface area contributed by atoms with Crippen molar-refractivity contribution < 1.29 is 4.79 Å². The van der Waals surface area contributed by atoms with Crippen molar-refractivity contribution in [1.82, 2.24) is 10.2 Å². The van der Waals surface area contributed by atoms with Crippen LogP contribution in [0.15, 0.2) is 24.3 Å². The van der Waals surface area contributed by atoms with Crippen LogP contribution in [0.25, 0.3) is 0 Å². The van der Waals surface area contributed by atoms with Crippen LogP contribution >= 0.6 is 0 Å². The molecule has 1 aliphatic rings. The second kappa shape index (κ2) is 7.28. The summed E-state index contributed by atoms with van der Waals surface area (Å²) in [7, 11) is 2.14. The highest BCUT2D eigenvalue weighted by molar-refractivity contribution is 5.76. The van der Waals surface area contributed by atoms with Gasteiger partial charge in [-0.1, -0.05) is 45.0 Å². The van der Waals surface area contributed by atoms with E-state index >= 15 is 0 Å². The smallest absolute Gasteiger partial charge is 0.220 e. The number of hydrogen-bond donors (Lipinski definition) is 1. The van der Waals surface area contributed by atoms with Gasteiger partial charge in [-0.3, -0.25) is 4.79 Å². The molecule has 1 aliphatic heterocycles. The number of piperidine rings is 1. The van der Waals surface area contributed by atoms with Crippen LogP contribution in [0.4, 0.5) is 0 Å². The van der Waals surface area contributed by atoms with Crippen LogP contribution in [0.3, 0.4) is 0 Å². The maximum atomic E-state index is 12.1. The predicted octanol–water partition coefficient (Wildman–Crippen LogP) is 3.13. The van der Waals surface area contributed by atoms with Gasteiger partial charge in [0.15, 0.2) is 0 Å². The van der Waals surface area contributed by atoms with Gasteiger partial charge in [-0.05, 0) is 55.9 Å². The van der Waals surface area contributed by atoms with Gasteiger partial charge >= 0.3 is 0 Å². The standard InChI is InChI=1S/C19H30N2O/c1-19(2,3)16-8-5-15(6-9-16)7-10-18(22)20-17-11-13-21(4)14-12-17/h5-6,8-9,17H,7,10-14H2,1-4H3,(H,20,22). The molecule has 0 saturated carbocycles. The van der Waals surface area contributed by atoms with E-state index in [2.05, 4.69) is 62.3 Å². The zero-order valence-electron chi connectivity index (χ0n) is 14.5. The number of amides is 1. The van der Waals surface area contributed by atoms with Crippen molar-refractivity contribution in [2.45, 2.75) is 57.9 Å². The van der Waals surface area contributed by atoms with Gasteiger partial charge in [-0.25, -0.2) is 0 Å². The molecule has 1 amide bonds. The van der Waals surface area contributed by atoms with Gasteiger partial charge in [-0.15, -0.1) is 0 Å². The molecule has 0 aromatic heterocycles. The number of hydrogen-bond acceptors (Lipinski definition) is 2. The summed E-state index contributed by atoms with van der Waals surface area (Å²) in [5, 5.41) is 3.18. The lowest BCUT2D eigenvalue weighted by Gasteiger charge is -2.29. The molecular formula is C19H30N2O. The third-order valence-electron chi connectivity index (χ3n) is 4.54. The Hall–Kier alpha value is -1.35. The maximum Gasteiger partial charge on any atom is 0.220 e. The highest BCUT2D eigenvalue weighted by Gasteiger charge is 2.18. The van der Waals surface area contributed by atoms with Crippen LogP contribution in [0, 0.1) is 0 Å². The number of aryl methyl sites for hydroxylation is 1. The Morgan fingerprint density at radius 1 is 1.18 bits per heavy atom. The summed E-state index contributed by atoms with van der Waals surface area (Å²) in [6.45, 7) is 8.82. The predicted molar refractivity (Wildman–Crippen MR) is 92.1 cm³/mol. The van der Waals surface area contributed by atoms with E-state index in [1.54, 1.807) is 0 Å². The van der Waals surface area contributed by atoms with Gasteiger partial charge in [-0.2, -0.15) is 0 Å². The Bertz CT molecular complexity index is 479. The number of benzene rings is 1. The number of nitrogens with zero attached hydrogens (tertiary/aromatic N) is 1. The Morgan fingerprint density at radius 2 is 1.77 bits per heavy atom. The lowest BCUT2D eigenvalue weighted by Crippen LogP contribution is -2.43. The van der Waals surface area contributed by atoms with Crippen molar-refractivity contribution >= 4 is 5.91 Å². The van der Waals surface area contributed by atoms with Gasteiger partial charge < -0.3 is 10.2 Å². The normalized spacial score (nSPS) is 17.5. The molecule has 122 valence electrons. The van der Waals surface area contributed by atoms with Crippen molar-refractivity contribution in [2.24, 2.45) is 0 Å². The quantitative estimate of drug-likeness (QED) is 0.927. The average molecular weight is 302 g/mol. The van der Waals surface area contributed by atoms with Crippen molar-refractivity contribution in [3.63, 3.8) is 0 Å². The van der Waals surface area contributed by atoms with E-state index < -0.39 is 0 Å². The molecule has 1 aromatic rings. The van der Waals surface area contributed by atoms with Crippen LogP contribution in [0.2, 0.25) is 0 Å². The van der Waals surface area contributed by atoms with Gasteiger partial charge in [0, 0.05) is 12.5 Å². The number of nitrogens with one attached hydrogen (secondary N) is 1. The van der Waals surface area contributed by atoms with E-state index in [1.807, 2.05) is 0 Å². The molecule has 0 unspecified atom stereocenters. The first-order chi connectivity index (χ1) is 10.3. The zero-order valence-corrected chi connectivity index (χ0v) is 14.5. The molecule has 0 bridgehead atoms. The third kappa shape index (κ3) is 5.13. The lowest BCUT2D eigenvalue weighted by molar-refractivity contribution is -0.122. The second-order valence-corrected chi connectivity index (χ2v) is 7.59. The first-order valence-corrected chi connectivity index (χ1v) is 8.42. The van der Waals surface area contributed by atoms with Crippen LogP contribution in [0.1, 0.15) is 51.2 Å². The van der Waals surface area contributed by atoms with Crippen LogP contribution in [-0.4, -0.2) is 37.0 Å². The summed E-state index contributed by atoms with van der Waals surface area (Å²) in [5.41, 5.74) is 2.77. The van der Waals surface area contributed by atoms with Crippen LogP contribution in [-0.2, 0) is 16.6 Å². The Kier molecular flexibility index (Phi) is 5.63. The van der Waals surface area contributed by atoms with Gasteiger partial charge in [0.25, 0.3) is 0 Å². The minimum atomic E-state index is 0.185. The molecule has 0 radical (unpaired) electrons. The molecule has 0 spiro atoms. The molecule has 0 aliphatic carbocycles. The largest absolute Gasteiger partial charge is 0.353 e. The van der Waals surface area contributed by atoms with Crippen LogP contribution < -0.4 is 5.32 Å². The van der Waals surface area contributed by atoms with E-state index in [9.17, 15) is 4.79 Å². The maximum absolute atomic E-state index is 12.1. The minimum Gasteiger partial charge on any atom is -0.353 e. The summed E-state index contributed by atoms with van der Waals surface area (Å²) < 4.78 is 0. The molecule has 1 heterocycles. The SMILES string of the molecule is CN1CCC(NC(=O)CCc2ccc(C(C)(C)C)cc2)CC1. The topological polar surface area (TPSA) is 32.3 Å². The molecule has 2 rings (SSSR count). The number of carbonyl (C=O) groups is 1. The summed E-state index contributed by atoms with van der Waals surface area (Å²) in [5.74, 6) is 0.189. The molecule has 3 nitrogen and oxygen atoms in total. The monoisotopic (exact) mass is 302 g/mol. The molecular weight excluding hydrogens is 272 g/mol. The first kappa shape index (κ1) is 17.0. The first-order valence-electron chi connectivity index (χ1n) is 8.42. The van der Waals surface area contributed by atoms with E-state index in [0.717, 1.165) is 32.4 Å². The molecule has 0 atom stereocenters. The summed E-state index contributed by atoms with van der Waals surface area (Å²) in [6, 6.07) is 9.05. The van der Waals surface area contributed by atoms with Gasteiger partial charge in [0.05, 0.1) is 0 Å². The number of carbonyl (C=O) groups excluding carboxylic acids is 1. The fourth-order valence-corrected chi connectivity index (χ4v) is 2.88. The second-order valence-electron chi connectivity index (χ2n) is 7.59. The third-order valence-corrected chi connectivity index (χ3v) is 4.54. The molecule has 1 fully saturated rings. The van der Waals surface area contributed by atoms with E-state index in [0.29, 0.717) is 12.5 Å². The van der Waals surface area contributed by atoms with E-state index in [4.69, 9.17) is 0 Å².